The predicted molar refractivity (Wildman–Crippen MR) is 63.2 cm³/mol. The van der Waals surface area contributed by atoms with Gasteiger partial charge in [-0.15, -0.1) is 0 Å². The van der Waals surface area contributed by atoms with E-state index in [0.29, 0.717) is 13.1 Å². The van der Waals surface area contributed by atoms with Gasteiger partial charge in [-0.2, -0.15) is 0 Å². The van der Waals surface area contributed by atoms with Crippen molar-refractivity contribution in [3.05, 3.63) is 35.6 Å². The van der Waals surface area contributed by atoms with E-state index in [1.807, 2.05) is 7.05 Å². The number of likely N-dealkylation sites (N-methyl/N-ethyl adjacent to an activating group) is 1. The highest BCUT2D eigenvalue weighted by atomic mass is 19.1. The first-order valence-electron chi connectivity index (χ1n) is 5.66. The van der Waals surface area contributed by atoms with Crippen molar-refractivity contribution in [2.24, 2.45) is 0 Å². The molecule has 1 aromatic rings. The van der Waals surface area contributed by atoms with Crippen molar-refractivity contribution in [2.45, 2.75) is 6.04 Å². The molecular formula is C12H16FN3O. The Kier molecular flexibility index (Phi) is 3.58. The summed E-state index contributed by atoms with van der Waals surface area (Å²) in [5, 5.41) is 5.89. The smallest absolute Gasteiger partial charge is 0.318 e. The summed E-state index contributed by atoms with van der Waals surface area (Å²) in [6.07, 6.45) is 0. The summed E-state index contributed by atoms with van der Waals surface area (Å²) >= 11 is 0. The second-order valence-corrected chi connectivity index (χ2v) is 4.10. The lowest BCUT2D eigenvalue weighted by Crippen LogP contribution is -2.33. The Hall–Kier alpha value is -1.62. The van der Waals surface area contributed by atoms with Crippen molar-refractivity contribution >= 4 is 6.03 Å². The number of hydrogen-bond donors (Lipinski definition) is 2. The monoisotopic (exact) mass is 237 g/mol. The maximum atomic E-state index is 12.8. The Morgan fingerprint density at radius 2 is 2.18 bits per heavy atom. The van der Waals surface area contributed by atoms with E-state index < -0.39 is 0 Å². The molecule has 2 N–H and O–H groups in total. The molecule has 1 unspecified atom stereocenters. The number of nitrogens with zero attached hydrogens (tertiary/aromatic N) is 1. The molecule has 1 saturated heterocycles. The van der Waals surface area contributed by atoms with E-state index in [2.05, 4.69) is 10.6 Å². The van der Waals surface area contributed by atoms with Crippen LogP contribution in [0.3, 0.4) is 0 Å². The van der Waals surface area contributed by atoms with Crippen LogP contribution in [0.25, 0.3) is 0 Å². The molecule has 92 valence electrons. The number of carbonyl (C=O) groups is 1. The minimum Gasteiger partial charge on any atom is -0.329 e. The minimum atomic E-state index is -0.259. The van der Waals surface area contributed by atoms with Crippen molar-refractivity contribution in [2.75, 3.05) is 26.7 Å². The van der Waals surface area contributed by atoms with Crippen molar-refractivity contribution in [3.63, 3.8) is 0 Å². The van der Waals surface area contributed by atoms with Crippen LogP contribution in [0.5, 0.6) is 0 Å². The van der Waals surface area contributed by atoms with Crippen LogP contribution in [0.4, 0.5) is 9.18 Å². The molecule has 0 radical (unpaired) electrons. The summed E-state index contributed by atoms with van der Waals surface area (Å²) in [6.45, 7) is 2.08. The molecule has 1 aromatic carbocycles. The lowest BCUT2D eigenvalue weighted by molar-refractivity contribution is 0.218. The first kappa shape index (κ1) is 11.9. The average Bonchev–Trinajstić information content (AvgIpc) is 2.69. The maximum absolute atomic E-state index is 12.8. The van der Waals surface area contributed by atoms with Gasteiger partial charge in [-0.05, 0) is 24.7 Å². The number of carbonyl (C=O) groups excluding carboxylic acids is 1. The lowest BCUT2D eigenvalue weighted by atomic mass is 10.1. The average molecular weight is 237 g/mol. The molecule has 0 bridgehead atoms. The van der Waals surface area contributed by atoms with Crippen molar-refractivity contribution < 1.29 is 9.18 Å². The lowest BCUT2D eigenvalue weighted by Gasteiger charge is -2.14. The summed E-state index contributed by atoms with van der Waals surface area (Å²) in [5.41, 5.74) is 0.937. The highest BCUT2D eigenvalue weighted by Crippen LogP contribution is 2.20. The van der Waals surface area contributed by atoms with Crippen molar-refractivity contribution in [1.82, 2.24) is 15.5 Å². The fraction of sp³-hybridized carbons (Fsp3) is 0.417. The van der Waals surface area contributed by atoms with Crippen molar-refractivity contribution in [1.29, 1.82) is 0 Å². The molecule has 1 aliphatic rings. The van der Waals surface area contributed by atoms with Gasteiger partial charge in [-0.3, -0.25) is 0 Å². The fourth-order valence-electron chi connectivity index (χ4n) is 1.91. The Morgan fingerprint density at radius 1 is 1.47 bits per heavy atom. The van der Waals surface area contributed by atoms with Gasteiger partial charge in [0.05, 0.1) is 6.04 Å². The number of hydrogen-bond acceptors (Lipinski definition) is 2. The van der Waals surface area contributed by atoms with E-state index in [0.717, 1.165) is 12.1 Å². The Labute approximate surface area is 99.8 Å². The number of nitrogens with one attached hydrogen (secondary N) is 2. The first-order valence-corrected chi connectivity index (χ1v) is 5.66. The summed E-state index contributed by atoms with van der Waals surface area (Å²) in [7, 11) is 1.85. The van der Waals surface area contributed by atoms with Gasteiger partial charge in [0, 0.05) is 19.6 Å². The van der Waals surface area contributed by atoms with Crippen LogP contribution < -0.4 is 10.6 Å². The summed E-state index contributed by atoms with van der Waals surface area (Å²) in [5.74, 6) is -0.259. The highest BCUT2D eigenvalue weighted by Gasteiger charge is 2.28. The quantitative estimate of drug-likeness (QED) is 0.824. The van der Waals surface area contributed by atoms with Gasteiger partial charge >= 0.3 is 6.03 Å². The van der Waals surface area contributed by atoms with Crippen LogP contribution in [0.15, 0.2) is 24.3 Å². The number of urea groups is 1. The SMILES string of the molecule is CNCCN1CC(c2ccc(F)cc2)NC1=O. The van der Waals surface area contributed by atoms with Gasteiger partial charge in [0.1, 0.15) is 5.82 Å². The van der Waals surface area contributed by atoms with Gasteiger partial charge in [-0.25, -0.2) is 9.18 Å². The van der Waals surface area contributed by atoms with Crippen LogP contribution in [-0.2, 0) is 0 Å². The van der Waals surface area contributed by atoms with Gasteiger partial charge in [0.2, 0.25) is 0 Å². The van der Waals surface area contributed by atoms with Gasteiger partial charge in [-0.1, -0.05) is 12.1 Å². The molecule has 4 nitrogen and oxygen atoms in total. The molecule has 0 spiro atoms. The molecule has 1 fully saturated rings. The van der Waals surface area contributed by atoms with Crippen LogP contribution in [0.1, 0.15) is 11.6 Å². The summed E-state index contributed by atoms with van der Waals surface area (Å²) in [6, 6.07) is 6.15. The van der Waals surface area contributed by atoms with Crippen LogP contribution in [0, 0.1) is 5.82 Å². The molecule has 5 heteroatoms. The zero-order chi connectivity index (χ0) is 12.3. The van der Waals surface area contributed by atoms with E-state index in [1.165, 1.54) is 12.1 Å². The highest BCUT2D eigenvalue weighted by molar-refractivity contribution is 5.77. The Balaban J connectivity index is 2.00. The fourth-order valence-corrected chi connectivity index (χ4v) is 1.91. The largest absolute Gasteiger partial charge is 0.329 e. The second-order valence-electron chi connectivity index (χ2n) is 4.10. The molecule has 1 aliphatic heterocycles. The zero-order valence-electron chi connectivity index (χ0n) is 9.74. The van der Waals surface area contributed by atoms with Gasteiger partial charge in [0.25, 0.3) is 0 Å². The first-order chi connectivity index (χ1) is 8.20. The van der Waals surface area contributed by atoms with Crippen molar-refractivity contribution in [3.8, 4) is 0 Å². The minimum absolute atomic E-state index is 0.0417. The van der Waals surface area contributed by atoms with Gasteiger partial charge < -0.3 is 15.5 Å². The normalized spacial score (nSPS) is 19.5. The molecule has 0 aromatic heterocycles. The standard InChI is InChI=1S/C12H16FN3O/c1-14-6-7-16-8-11(15-12(16)17)9-2-4-10(13)5-3-9/h2-5,11,14H,6-8H2,1H3,(H,15,17). The summed E-state index contributed by atoms with van der Waals surface area (Å²) in [4.78, 5) is 13.4. The topological polar surface area (TPSA) is 44.4 Å². The zero-order valence-corrected chi connectivity index (χ0v) is 9.74. The van der Waals surface area contributed by atoms with E-state index in [9.17, 15) is 9.18 Å². The second kappa shape index (κ2) is 5.14. The van der Waals surface area contributed by atoms with E-state index in [-0.39, 0.29) is 17.9 Å². The Bertz CT molecular complexity index is 393. The molecule has 1 heterocycles. The number of amides is 2. The Morgan fingerprint density at radius 3 is 2.82 bits per heavy atom. The predicted octanol–water partition coefficient (Wildman–Crippen LogP) is 1.11. The molecule has 2 rings (SSSR count). The molecule has 0 aliphatic carbocycles. The number of benzene rings is 1. The number of rotatable bonds is 4. The molecule has 17 heavy (non-hydrogen) atoms. The van der Waals surface area contributed by atoms with Crippen LogP contribution >= 0.6 is 0 Å². The van der Waals surface area contributed by atoms with E-state index in [4.69, 9.17) is 0 Å². The van der Waals surface area contributed by atoms with E-state index in [1.54, 1.807) is 17.0 Å². The van der Waals surface area contributed by atoms with E-state index >= 15 is 0 Å². The third-order valence-corrected chi connectivity index (χ3v) is 2.89. The molecule has 2 amide bonds. The van der Waals surface area contributed by atoms with Gasteiger partial charge in [0.15, 0.2) is 0 Å². The van der Waals surface area contributed by atoms with Crippen LogP contribution in [0.2, 0.25) is 0 Å². The molecule has 0 saturated carbocycles. The molecular weight excluding hydrogens is 221 g/mol. The third-order valence-electron chi connectivity index (χ3n) is 2.89. The summed E-state index contributed by atoms with van der Waals surface area (Å²) < 4.78 is 12.8. The number of halogens is 1. The third kappa shape index (κ3) is 2.74. The molecule has 1 atom stereocenters. The maximum Gasteiger partial charge on any atom is 0.318 e. The van der Waals surface area contributed by atoms with Crippen LogP contribution in [-0.4, -0.2) is 37.6 Å².